The lowest BCUT2D eigenvalue weighted by Gasteiger charge is -2.42. The normalized spacial score (nSPS) is 38.3. The number of fused-ring (bicyclic) bond motifs is 1. The second-order valence-electron chi connectivity index (χ2n) is 6.88. The molecule has 2 fully saturated rings. The standard InChI is InChI=1S/C14H20O3/c1-12(2)8-16-14(17-9-12)5-10-4-11(15)6-13(10,3)7-14/h4H,5-9H2,1-3H3/t13-/m1/s1. The maximum atomic E-state index is 11.5. The molecule has 3 rings (SSSR count). The predicted molar refractivity (Wildman–Crippen MR) is 63.5 cm³/mol. The molecule has 3 heteroatoms. The molecular formula is C14H20O3. The Morgan fingerprint density at radius 2 is 1.76 bits per heavy atom. The van der Waals surface area contributed by atoms with E-state index in [9.17, 15) is 4.79 Å². The maximum absolute atomic E-state index is 11.5. The molecule has 0 N–H and O–H groups in total. The molecule has 0 bridgehead atoms. The summed E-state index contributed by atoms with van der Waals surface area (Å²) in [6, 6.07) is 0. The number of carbonyl (C=O) groups excluding carboxylic acids is 1. The minimum Gasteiger partial charge on any atom is -0.349 e. The summed E-state index contributed by atoms with van der Waals surface area (Å²) < 4.78 is 12.0. The van der Waals surface area contributed by atoms with Gasteiger partial charge in [-0.2, -0.15) is 0 Å². The van der Waals surface area contributed by atoms with Crippen molar-refractivity contribution in [1.29, 1.82) is 0 Å². The first kappa shape index (κ1) is 11.4. The fourth-order valence-corrected chi connectivity index (χ4v) is 3.25. The van der Waals surface area contributed by atoms with Crippen LogP contribution in [-0.2, 0) is 14.3 Å². The van der Waals surface area contributed by atoms with E-state index in [0.717, 1.165) is 26.1 Å². The molecule has 1 saturated carbocycles. The lowest BCUT2D eigenvalue weighted by molar-refractivity contribution is -0.297. The Morgan fingerprint density at radius 3 is 2.35 bits per heavy atom. The fourth-order valence-electron chi connectivity index (χ4n) is 3.25. The summed E-state index contributed by atoms with van der Waals surface area (Å²) in [4.78, 5) is 11.5. The molecule has 1 aliphatic heterocycles. The summed E-state index contributed by atoms with van der Waals surface area (Å²) >= 11 is 0. The zero-order valence-electron chi connectivity index (χ0n) is 10.8. The Labute approximate surface area is 102 Å². The molecule has 1 saturated heterocycles. The third kappa shape index (κ3) is 1.76. The van der Waals surface area contributed by atoms with E-state index in [1.165, 1.54) is 5.57 Å². The van der Waals surface area contributed by atoms with Gasteiger partial charge in [0.15, 0.2) is 11.6 Å². The minimum absolute atomic E-state index is 0.0153. The molecule has 1 atom stereocenters. The van der Waals surface area contributed by atoms with Gasteiger partial charge in [0.2, 0.25) is 0 Å². The van der Waals surface area contributed by atoms with Crippen LogP contribution in [0.25, 0.3) is 0 Å². The Morgan fingerprint density at radius 1 is 1.12 bits per heavy atom. The van der Waals surface area contributed by atoms with E-state index in [4.69, 9.17) is 9.47 Å². The van der Waals surface area contributed by atoms with Gasteiger partial charge in [0.25, 0.3) is 0 Å². The van der Waals surface area contributed by atoms with Crippen LogP contribution < -0.4 is 0 Å². The third-order valence-electron chi connectivity index (χ3n) is 4.25. The van der Waals surface area contributed by atoms with Gasteiger partial charge in [0, 0.05) is 30.1 Å². The summed E-state index contributed by atoms with van der Waals surface area (Å²) in [6.07, 6.45) is 4.03. The molecule has 3 nitrogen and oxygen atoms in total. The van der Waals surface area contributed by atoms with Crippen molar-refractivity contribution in [3.05, 3.63) is 11.6 Å². The fraction of sp³-hybridized carbons (Fsp3) is 0.786. The van der Waals surface area contributed by atoms with E-state index in [1.54, 1.807) is 6.08 Å². The van der Waals surface area contributed by atoms with E-state index < -0.39 is 5.79 Å². The Hall–Kier alpha value is -0.670. The van der Waals surface area contributed by atoms with Gasteiger partial charge in [-0.1, -0.05) is 26.3 Å². The largest absolute Gasteiger partial charge is 0.349 e. The molecule has 0 aromatic rings. The van der Waals surface area contributed by atoms with Crippen LogP contribution in [0.2, 0.25) is 0 Å². The molecule has 0 aromatic carbocycles. The van der Waals surface area contributed by atoms with Crippen molar-refractivity contribution in [1.82, 2.24) is 0 Å². The van der Waals surface area contributed by atoms with E-state index in [1.807, 2.05) is 0 Å². The molecule has 17 heavy (non-hydrogen) atoms. The summed E-state index contributed by atoms with van der Waals surface area (Å²) in [6.45, 7) is 7.94. The van der Waals surface area contributed by atoms with Crippen molar-refractivity contribution in [3.8, 4) is 0 Å². The minimum atomic E-state index is -0.448. The molecule has 0 radical (unpaired) electrons. The van der Waals surface area contributed by atoms with Crippen molar-refractivity contribution < 1.29 is 14.3 Å². The highest BCUT2D eigenvalue weighted by Gasteiger charge is 2.55. The topological polar surface area (TPSA) is 35.5 Å². The van der Waals surface area contributed by atoms with Crippen LogP contribution in [0, 0.1) is 10.8 Å². The Bertz CT molecular complexity index is 398. The molecule has 0 unspecified atom stereocenters. The van der Waals surface area contributed by atoms with Gasteiger partial charge in [-0.15, -0.1) is 0 Å². The number of hydrogen-bond donors (Lipinski definition) is 0. The molecule has 1 spiro atoms. The highest BCUT2D eigenvalue weighted by atomic mass is 16.7. The molecule has 3 aliphatic rings. The van der Waals surface area contributed by atoms with Crippen molar-refractivity contribution in [2.24, 2.45) is 10.8 Å². The van der Waals surface area contributed by atoms with Crippen LogP contribution in [0.4, 0.5) is 0 Å². The number of ether oxygens (including phenoxy) is 2. The van der Waals surface area contributed by atoms with Gasteiger partial charge in [0.1, 0.15) is 0 Å². The monoisotopic (exact) mass is 236 g/mol. The zero-order chi connectivity index (χ0) is 12.3. The first-order chi connectivity index (χ1) is 7.83. The van der Waals surface area contributed by atoms with Crippen molar-refractivity contribution in [3.63, 3.8) is 0 Å². The van der Waals surface area contributed by atoms with Gasteiger partial charge in [0.05, 0.1) is 13.2 Å². The highest BCUT2D eigenvalue weighted by Crippen LogP contribution is 2.56. The average molecular weight is 236 g/mol. The lowest BCUT2D eigenvalue weighted by atomic mass is 9.85. The molecule has 1 heterocycles. The van der Waals surface area contributed by atoms with Crippen LogP contribution in [0.1, 0.15) is 40.0 Å². The summed E-state index contributed by atoms with van der Waals surface area (Å²) in [5.41, 5.74) is 1.31. The van der Waals surface area contributed by atoms with E-state index in [-0.39, 0.29) is 16.6 Å². The van der Waals surface area contributed by atoms with Crippen LogP contribution in [0.15, 0.2) is 11.6 Å². The number of allylic oxidation sites excluding steroid dienone is 1. The first-order valence-corrected chi connectivity index (χ1v) is 6.35. The van der Waals surface area contributed by atoms with Gasteiger partial charge >= 0.3 is 0 Å². The maximum Gasteiger partial charge on any atom is 0.172 e. The average Bonchev–Trinajstić information content (AvgIpc) is 2.59. The first-order valence-electron chi connectivity index (χ1n) is 6.35. The number of carbonyl (C=O) groups is 1. The predicted octanol–water partition coefficient (Wildman–Crippen LogP) is 2.46. The molecule has 2 aliphatic carbocycles. The molecular weight excluding hydrogens is 216 g/mol. The SMILES string of the molecule is CC1(C)COC2(CC3=CC(=O)C[C@]3(C)C2)OC1. The van der Waals surface area contributed by atoms with Gasteiger partial charge in [-0.05, 0) is 6.08 Å². The number of ketones is 1. The highest BCUT2D eigenvalue weighted by molar-refractivity contribution is 5.94. The Balaban J connectivity index is 1.81. The summed E-state index contributed by atoms with van der Waals surface area (Å²) in [7, 11) is 0. The van der Waals surface area contributed by atoms with Crippen LogP contribution >= 0.6 is 0 Å². The molecule has 0 amide bonds. The zero-order valence-corrected chi connectivity index (χ0v) is 10.8. The molecule has 0 aromatic heterocycles. The second kappa shape index (κ2) is 3.21. The third-order valence-corrected chi connectivity index (χ3v) is 4.25. The van der Waals surface area contributed by atoms with Crippen molar-refractivity contribution in [2.45, 2.75) is 45.8 Å². The smallest absolute Gasteiger partial charge is 0.172 e. The lowest BCUT2D eigenvalue weighted by Crippen LogP contribution is -2.46. The summed E-state index contributed by atoms with van der Waals surface area (Å²) in [5.74, 6) is -0.190. The van der Waals surface area contributed by atoms with Gasteiger partial charge in [-0.25, -0.2) is 0 Å². The number of rotatable bonds is 0. The van der Waals surface area contributed by atoms with Crippen molar-refractivity contribution in [2.75, 3.05) is 13.2 Å². The van der Waals surface area contributed by atoms with Gasteiger partial charge < -0.3 is 9.47 Å². The van der Waals surface area contributed by atoms with Gasteiger partial charge in [-0.3, -0.25) is 4.79 Å². The Kier molecular flexibility index (Phi) is 2.15. The molecule has 94 valence electrons. The quantitative estimate of drug-likeness (QED) is 0.648. The van der Waals surface area contributed by atoms with Crippen molar-refractivity contribution >= 4 is 5.78 Å². The van der Waals surface area contributed by atoms with E-state index in [2.05, 4.69) is 20.8 Å². The number of hydrogen-bond acceptors (Lipinski definition) is 3. The van der Waals surface area contributed by atoms with Crippen LogP contribution in [0.3, 0.4) is 0 Å². The van der Waals surface area contributed by atoms with E-state index in [0.29, 0.717) is 6.42 Å². The van der Waals surface area contributed by atoms with E-state index >= 15 is 0 Å². The second-order valence-corrected chi connectivity index (χ2v) is 6.88. The summed E-state index contributed by atoms with van der Waals surface area (Å²) in [5, 5.41) is 0. The van der Waals surface area contributed by atoms with Crippen LogP contribution in [0.5, 0.6) is 0 Å². The van der Waals surface area contributed by atoms with Crippen LogP contribution in [-0.4, -0.2) is 24.8 Å².